The van der Waals surface area contributed by atoms with E-state index in [0.29, 0.717) is 16.9 Å². The Morgan fingerprint density at radius 2 is 1.97 bits per heavy atom. The minimum Gasteiger partial charge on any atom is -0.478 e. The molecule has 1 unspecified atom stereocenters. The Morgan fingerprint density at radius 3 is 2.71 bits per heavy atom. The van der Waals surface area contributed by atoms with Crippen molar-refractivity contribution in [3.05, 3.63) is 53.8 Å². The van der Waals surface area contributed by atoms with Gasteiger partial charge in [-0.05, 0) is 61.2 Å². The molecule has 0 saturated carbocycles. The van der Waals surface area contributed by atoms with Gasteiger partial charge in [-0.25, -0.2) is 19.2 Å². The van der Waals surface area contributed by atoms with E-state index in [2.05, 4.69) is 18.7 Å². The van der Waals surface area contributed by atoms with Gasteiger partial charge >= 0.3 is 5.97 Å². The van der Waals surface area contributed by atoms with Crippen LogP contribution < -0.4 is 4.90 Å². The summed E-state index contributed by atoms with van der Waals surface area (Å²) in [5.41, 5.74) is 2.07. The van der Waals surface area contributed by atoms with E-state index in [1.807, 2.05) is 13.1 Å². The number of hydrogen-bond donors (Lipinski definition) is 1. The van der Waals surface area contributed by atoms with Crippen molar-refractivity contribution >= 4 is 44.2 Å². The number of fused-ring (bicyclic) bond motifs is 2. The number of benzene rings is 2. The second kappa shape index (κ2) is 8.59. The number of carboxylic acid groups (broad SMARTS) is 1. The van der Waals surface area contributed by atoms with Gasteiger partial charge in [0.1, 0.15) is 11.5 Å². The monoisotopic (exact) mass is 437 g/mol. The quantitative estimate of drug-likeness (QED) is 0.364. The molecule has 2 aromatic carbocycles. The van der Waals surface area contributed by atoms with E-state index in [4.69, 9.17) is 9.97 Å². The fourth-order valence-electron chi connectivity index (χ4n) is 3.62. The molecule has 1 atom stereocenters. The fraction of sp³-hybridized carbons (Fsp3) is 0.292. The third-order valence-corrected chi connectivity index (χ3v) is 6.70. The van der Waals surface area contributed by atoms with Crippen LogP contribution in [0.4, 0.5) is 10.2 Å². The number of rotatable bonds is 7. The Labute approximate surface area is 184 Å². The summed E-state index contributed by atoms with van der Waals surface area (Å²) in [7, 11) is 1.99. The van der Waals surface area contributed by atoms with E-state index in [-0.39, 0.29) is 17.4 Å². The minimum atomic E-state index is -0.995. The molecule has 5 nitrogen and oxygen atoms in total. The van der Waals surface area contributed by atoms with Gasteiger partial charge in [0.2, 0.25) is 0 Å². The summed E-state index contributed by atoms with van der Waals surface area (Å²) in [6, 6.07) is 11.7. The summed E-state index contributed by atoms with van der Waals surface area (Å²) in [6.45, 7) is 4.32. The summed E-state index contributed by atoms with van der Waals surface area (Å²) >= 11 is 1.55. The zero-order valence-electron chi connectivity index (χ0n) is 17.7. The third-order valence-electron chi connectivity index (χ3n) is 5.58. The summed E-state index contributed by atoms with van der Waals surface area (Å²) in [4.78, 5) is 24.1. The van der Waals surface area contributed by atoms with Crippen LogP contribution in [0.5, 0.6) is 0 Å². The Balaban J connectivity index is 1.90. The molecule has 0 aliphatic heterocycles. The van der Waals surface area contributed by atoms with Crippen LogP contribution in [0, 0.1) is 5.82 Å². The highest BCUT2D eigenvalue weighted by Crippen LogP contribution is 2.38. The predicted molar refractivity (Wildman–Crippen MR) is 125 cm³/mol. The Bertz CT molecular complexity index is 1270. The molecule has 0 radical (unpaired) electrons. The first kappa shape index (κ1) is 21.2. The topological polar surface area (TPSA) is 66.3 Å². The van der Waals surface area contributed by atoms with Gasteiger partial charge in [-0.3, -0.25) is 0 Å². The number of carboxylic acids is 1. The smallest absolute Gasteiger partial charge is 0.335 e. The van der Waals surface area contributed by atoms with Crippen molar-refractivity contribution in [1.29, 1.82) is 0 Å². The zero-order chi connectivity index (χ0) is 22.1. The van der Waals surface area contributed by atoms with E-state index < -0.39 is 5.97 Å². The molecule has 0 aliphatic carbocycles. The molecule has 0 aliphatic rings. The van der Waals surface area contributed by atoms with Crippen molar-refractivity contribution in [2.75, 3.05) is 11.9 Å². The number of hydrogen-bond acceptors (Lipinski definition) is 5. The molecule has 7 heteroatoms. The minimum absolute atomic E-state index is 0.180. The zero-order valence-corrected chi connectivity index (χ0v) is 18.5. The van der Waals surface area contributed by atoms with Crippen LogP contribution in [0.1, 0.15) is 43.5 Å². The van der Waals surface area contributed by atoms with Crippen LogP contribution >= 0.6 is 11.3 Å². The molecule has 0 spiro atoms. The summed E-state index contributed by atoms with van der Waals surface area (Å²) in [5, 5.41) is 10.2. The molecule has 160 valence electrons. The lowest BCUT2D eigenvalue weighted by Crippen LogP contribution is -2.30. The fourth-order valence-corrected chi connectivity index (χ4v) is 4.65. The first-order chi connectivity index (χ1) is 14.9. The van der Waals surface area contributed by atoms with Gasteiger partial charge in [0.05, 0.1) is 21.5 Å². The number of aromatic carboxylic acids is 1. The molecule has 1 N–H and O–H groups in total. The number of halogens is 1. The van der Waals surface area contributed by atoms with Crippen LogP contribution in [-0.2, 0) is 0 Å². The number of thiophene rings is 1. The summed E-state index contributed by atoms with van der Waals surface area (Å²) in [5.74, 6) is -0.565. The first-order valence-electron chi connectivity index (χ1n) is 10.3. The van der Waals surface area contributed by atoms with Crippen LogP contribution in [-0.4, -0.2) is 34.1 Å². The molecular weight excluding hydrogens is 413 g/mol. The second-order valence-electron chi connectivity index (χ2n) is 7.80. The van der Waals surface area contributed by atoms with Crippen LogP contribution in [0.3, 0.4) is 0 Å². The lowest BCUT2D eigenvalue weighted by atomic mass is 10.1. The average Bonchev–Trinajstić information content (AvgIpc) is 3.18. The van der Waals surface area contributed by atoms with Gasteiger partial charge in [-0.15, -0.1) is 11.3 Å². The molecule has 0 bridgehead atoms. The van der Waals surface area contributed by atoms with Gasteiger partial charge in [-0.1, -0.05) is 19.8 Å². The summed E-state index contributed by atoms with van der Waals surface area (Å²) < 4.78 is 14.7. The predicted octanol–water partition coefficient (Wildman–Crippen LogP) is 6.36. The number of anilines is 1. The highest BCUT2D eigenvalue weighted by molar-refractivity contribution is 7.22. The molecular formula is C24H24FN3O2S. The number of nitrogens with zero attached hydrogens (tertiary/aromatic N) is 3. The third kappa shape index (κ3) is 4.23. The van der Waals surface area contributed by atoms with Crippen molar-refractivity contribution < 1.29 is 14.3 Å². The molecule has 0 saturated heterocycles. The van der Waals surface area contributed by atoms with Crippen molar-refractivity contribution in [1.82, 2.24) is 9.97 Å². The van der Waals surface area contributed by atoms with Crippen LogP contribution in [0.2, 0.25) is 0 Å². The maximum absolute atomic E-state index is 13.7. The SMILES string of the molecule is CCCCC(C)N(C)c1nc2cc(C(=O)O)ccc2nc1-c1cc2cc(F)ccc2s1. The van der Waals surface area contributed by atoms with E-state index in [0.717, 1.165) is 39.9 Å². The van der Waals surface area contributed by atoms with E-state index in [1.54, 1.807) is 29.5 Å². The normalized spacial score (nSPS) is 12.4. The van der Waals surface area contributed by atoms with Crippen molar-refractivity contribution in [3.8, 4) is 10.6 Å². The lowest BCUT2D eigenvalue weighted by Gasteiger charge is -2.27. The van der Waals surface area contributed by atoms with Gasteiger partial charge < -0.3 is 10.0 Å². The Hall–Kier alpha value is -3.06. The average molecular weight is 438 g/mol. The van der Waals surface area contributed by atoms with Crippen molar-refractivity contribution in [3.63, 3.8) is 0 Å². The largest absolute Gasteiger partial charge is 0.478 e. The highest BCUT2D eigenvalue weighted by Gasteiger charge is 2.21. The van der Waals surface area contributed by atoms with Gasteiger partial charge in [0.15, 0.2) is 5.82 Å². The second-order valence-corrected chi connectivity index (χ2v) is 8.88. The standard InChI is InChI=1S/C24H24FN3O2S/c1-4-5-6-14(2)28(3)23-22(21-13-16-11-17(25)8-10-20(16)31-21)26-18-9-7-15(24(29)30)12-19(18)27-23/h7-14H,4-6H2,1-3H3,(H,29,30). The lowest BCUT2D eigenvalue weighted by molar-refractivity contribution is 0.0697. The number of carbonyl (C=O) groups is 1. The van der Waals surface area contributed by atoms with Crippen LogP contribution in [0.25, 0.3) is 31.7 Å². The molecule has 0 amide bonds. The number of unbranched alkanes of at least 4 members (excludes halogenated alkanes) is 1. The maximum atomic E-state index is 13.7. The first-order valence-corrected chi connectivity index (χ1v) is 11.2. The maximum Gasteiger partial charge on any atom is 0.335 e. The van der Waals surface area contributed by atoms with Crippen molar-refractivity contribution in [2.45, 2.75) is 39.2 Å². The van der Waals surface area contributed by atoms with E-state index in [9.17, 15) is 14.3 Å². The Kier molecular flexibility index (Phi) is 5.87. The number of aromatic nitrogens is 2. The molecule has 2 heterocycles. The van der Waals surface area contributed by atoms with E-state index in [1.165, 1.54) is 18.2 Å². The van der Waals surface area contributed by atoms with Gasteiger partial charge in [0.25, 0.3) is 0 Å². The summed E-state index contributed by atoms with van der Waals surface area (Å²) in [6.07, 6.45) is 3.23. The molecule has 31 heavy (non-hydrogen) atoms. The molecule has 2 aromatic heterocycles. The molecule has 4 rings (SSSR count). The van der Waals surface area contributed by atoms with Gasteiger partial charge in [0, 0.05) is 17.8 Å². The van der Waals surface area contributed by atoms with E-state index >= 15 is 0 Å². The van der Waals surface area contributed by atoms with Crippen molar-refractivity contribution in [2.24, 2.45) is 0 Å². The molecule has 0 fully saturated rings. The van der Waals surface area contributed by atoms with Gasteiger partial charge in [-0.2, -0.15) is 0 Å². The molecule has 4 aromatic rings. The van der Waals surface area contributed by atoms with Crippen LogP contribution in [0.15, 0.2) is 42.5 Å². The Morgan fingerprint density at radius 1 is 1.16 bits per heavy atom. The highest BCUT2D eigenvalue weighted by atomic mass is 32.1.